The van der Waals surface area contributed by atoms with Crippen LogP contribution in [0.15, 0.2) is 24.3 Å². The van der Waals surface area contributed by atoms with E-state index in [0.717, 1.165) is 0 Å². The summed E-state index contributed by atoms with van der Waals surface area (Å²) in [5.74, 6) is -1.02. The second-order valence-corrected chi connectivity index (χ2v) is 4.36. The molecule has 0 fully saturated rings. The molecule has 7 nitrogen and oxygen atoms in total. The Labute approximate surface area is 122 Å². The van der Waals surface area contributed by atoms with Crippen molar-refractivity contribution >= 4 is 12.0 Å². The maximum atomic E-state index is 11.6. The van der Waals surface area contributed by atoms with Crippen LogP contribution in [0.3, 0.4) is 0 Å². The molecule has 2 amide bonds. The van der Waals surface area contributed by atoms with Gasteiger partial charge in [-0.2, -0.15) is 0 Å². The molecule has 0 heterocycles. The van der Waals surface area contributed by atoms with E-state index in [1.165, 1.54) is 12.1 Å². The van der Waals surface area contributed by atoms with Gasteiger partial charge in [-0.25, -0.2) is 9.59 Å². The normalized spacial score (nSPS) is 11.7. The van der Waals surface area contributed by atoms with Crippen LogP contribution in [0.25, 0.3) is 0 Å². The van der Waals surface area contributed by atoms with Crippen LogP contribution in [0.5, 0.6) is 5.75 Å². The summed E-state index contributed by atoms with van der Waals surface area (Å²) < 4.78 is 5.06. The Hall–Kier alpha value is -2.28. The molecular formula is C14H20N2O5. The summed E-state index contributed by atoms with van der Waals surface area (Å²) in [7, 11) is 0. The number of benzene rings is 1. The monoisotopic (exact) mass is 296 g/mol. The number of nitrogens with one attached hydrogen (secondary N) is 2. The van der Waals surface area contributed by atoms with Crippen LogP contribution < -0.4 is 10.6 Å². The number of ether oxygens (including phenoxy) is 1. The number of aliphatic carboxylic acids is 1. The second kappa shape index (κ2) is 8.80. The van der Waals surface area contributed by atoms with Gasteiger partial charge in [0.05, 0.1) is 6.61 Å². The third-order valence-electron chi connectivity index (χ3n) is 2.72. The number of carbonyl (C=O) groups excluding carboxylic acids is 1. The number of carbonyl (C=O) groups is 2. The number of hydrogen-bond acceptors (Lipinski definition) is 4. The molecule has 4 N–H and O–H groups in total. The topological polar surface area (TPSA) is 108 Å². The lowest BCUT2D eigenvalue weighted by Gasteiger charge is -2.15. The smallest absolute Gasteiger partial charge is 0.326 e. The zero-order valence-electron chi connectivity index (χ0n) is 11.8. The number of phenolic OH excluding ortho intramolecular Hbond substituents is 1. The quantitative estimate of drug-likeness (QED) is 0.529. The summed E-state index contributed by atoms with van der Waals surface area (Å²) in [6.45, 7) is 3.09. The number of phenols is 1. The first-order valence-corrected chi connectivity index (χ1v) is 6.65. The van der Waals surface area contributed by atoms with Crippen molar-refractivity contribution in [1.82, 2.24) is 10.6 Å². The van der Waals surface area contributed by atoms with Crippen molar-refractivity contribution in [3.05, 3.63) is 29.8 Å². The van der Waals surface area contributed by atoms with E-state index in [-0.39, 0.29) is 12.2 Å². The molecule has 1 aromatic carbocycles. The number of amides is 2. The number of carboxylic acids is 1. The standard InChI is InChI=1S/C14H20N2O5/c1-2-21-8-7-15-14(20)16-12(13(18)19)9-10-3-5-11(17)6-4-10/h3-6,12,17H,2,7-9H2,1H3,(H,18,19)(H2,15,16,20)/t12-/m1/s1. The van der Waals surface area contributed by atoms with Gasteiger partial charge in [0, 0.05) is 19.6 Å². The minimum Gasteiger partial charge on any atom is -0.508 e. The molecule has 0 aliphatic carbocycles. The largest absolute Gasteiger partial charge is 0.508 e. The van der Waals surface area contributed by atoms with Crippen molar-refractivity contribution in [2.75, 3.05) is 19.8 Å². The maximum absolute atomic E-state index is 11.6. The van der Waals surface area contributed by atoms with Crippen LogP contribution in [-0.4, -0.2) is 48.0 Å². The molecule has 0 saturated heterocycles. The van der Waals surface area contributed by atoms with Gasteiger partial charge < -0.3 is 25.6 Å². The van der Waals surface area contributed by atoms with Gasteiger partial charge >= 0.3 is 12.0 Å². The SMILES string of the molecule is CCOCCNC(=O)N[C@H](Cc1ccc(O)cc1)C(=O)O. The lowest BCUT2D eigenvalue weighted by atomic mass is 10.1. The highest BCUT2D eigenvalue weighted by Crippen LogP contribution is 2.11. The van der Waals surface area contributed by atoms with Gasteiger partial charge in [-0.1, -0.05) is 12.1 Å². The molecule has 0 aliphatic heterocycles. The van der Waals surface area contributed by atoms with E-state index in [4.69, 9.17) is 9.84 Å². The Balaban J connectivity index is 2.48. The van der Waals surface area contributed by atoms with Crippen LogP contribution >= 0.6 is 0 Å². The van der Waals surface area contributed by atoms with Crippen LogP contribution in [0.4, 0.5) is 4.79 Å². The fraction of sp³-hybridized carbons (Fsp3) is 0.429. The Morgan fingerprint density at radius 3 is 2.52 bits per heavy atom. The summed E-state index contributed by atoms with van der Waals surface area (Å²) in [6.07, 6.45) is 0.133. The molecule has 116 valence electrons. The van der Waals surface area contributed by atoms with Gasteiger partial charge in [-0.3, -0.25) is 0 Å². The van der Waals surface area contributed by atoms with Gasteiger partial charge in [-0.15, -0.1) is 0 Å². The van der Waals surface area contributed by atoms with Gasteiger partial charge in [-0.05, 0) is 24.6 Å². The fourth-order valence-corrected chi connectivity index (χ4v) is 1.66. The Kier molecular flexibility index (Phi) is 7.03. The summed E-state index contributed by atoms with van der Waals surface area (Å²) >= 11 is 0. The lowest BCUT2D eigenvalue weighted by molar-refractivity contribution is -0.139. The molecule has 0 bridgehead atoms. The number of hydrogen-bond donors (Lipinski definition) is 4. The zero-order chi connectivity index (χ0) is 15.7. The third kappa shape index (κ3) is 6.62. The van der Waals surface area contributed by atoms with E-state index in [1.807, 2.05) is 6.92 Å². The maximum Gasteiger partial charge on any atom is 0.326 e. The van der Waals surface area contributed by atoms with E-state index >= 15 is 0 Å². The first kappa shape index (κ1) is 16.8. The summed E-state index contributed by atoms with van der Waals surface area (Å²) in [5.41, 5.74) is 0.704. The Bertz CT molecular complexity index is 461. The van der Waals surface area contributed by atoms with Crippen LogP contribution in [0.1, 0.15) is 12.5 Å². The molecule has 1 atom stereocenters. The molecule has 0 aromatic heterocycles. The Morgan fingerprint density at radius 2 is 1.95 bits per heavy atom. The first-order valence-electron chi connectivity index (χ1n) is 6.65. The number of rotatable bonds is 8. The van der Waals surface area contributed by atoms with Crippen molar-refractivity contribution in [3.63, 3.8) is 0 Å². The molecule has 0 saturated carbocycles. The summed E-state index contributed by atoms with van der Waals surface area (Å²) in [6, 6.07) is 4.56. The highest BCUT2D eigenvalue weighted by Gasteiger charge is 2.20. The molecule has 1 aromatic rings. The number of aromatic hydroxyl groups is 1. The fourth-order valence-electron chi connectivity index (χ4n) is 1.66. The molecule has 0 aliphatic rings. The van der Waals surface area contributed by atoms with Crippen molar-refractivity contribution in [2.45, 2.75) is 19.4 Å². The average molecular weight is 296 g/mol. The molecule has 0 radical (unpaired) electrons. The lowest BCUT2D eigenvalue weighted by Crippen LogP contribution is -2.47. The van der Waals surface area contributed by atoms with E-state index in [1.54, 1.807) is 12.1 Å². The minimum absolute atomic E-state index is 0.104. The van der Waals surface area contributed by atoms with Gasteiger partial charge in [0.15, 0.2) is 0 Å². The van der Waals surface area contributed by atoms with E-state index in [2.05, 4.69) is 10.6 Å². The first-order chi connectivity index (χ1) is 10.0. The van der Waals surface area contributed by atoms with Crippen molar-refractivity contribution in [1.29, 1.82) is 0 Å². The summed E-state index contributed by atoms with van der Waals surface area (Å²) in [5, 5.41) is 23.2. The minimum atomic E-state index is -1.12. The number of carboxylic acid groups (broad SMARTS) is 1. The molecule has 0 unspecified atom stereocenters. The molecule has 7 heteroatoms. The van der Waals surface area contributed by atoms with E-state index in [0.29, 0.717) is 25.3 Å². The predicted molar refractivity (Wildman–Crippen MR) is 76.3 cm³/mol. The Morgan fingerprint density at radius 1 is 1.29 bits per heavy atom. The van der Waals surface area contributed by atoms with Gasteiger partial charge in [0.1, 0.15) is 11.8 Å². The van der Waals surface area contributed by atoms with Crippen molar-refractivity contribution < 1.29 is 24.5 Å². The second-order valence-electron chi connectivity index (χ2n) is 4.36. The van der Waals surface area contributed by atoms with Gasteiger partial charge in [0.25, 0.3) is 0 Å². The highest BCUT2D eigenvalue weighted by molar-refractivity contribution is 5.82. The summed E-state index contributed by atoms with van der Waals surface area (Å²) in [4.78, 5) is 22.8. The zero-order valence-corrected chi connectivity index (χ0v) is 11.8. The van der Waals surface area contributed by atoms with Crippen molar-refractivity contribution in [3.8, 4) is 5.75 Å². The molecular weight excluding hydrogens is 276 g/mol. The van der Waals surface area contributed by atoms with E-state index in [9.17, 15) is 14.7 Å². The van der Waals surface area contributed by atoms with E-state index < -0.39 is 18.0 Å². The predicted octanol–water partition coefficient (Wildman–Crippen LogP) is 0.724. The van der Waals surface area contributed by atoms with Gasteiger partial charge in [0.2, 0.25) is 0 Å². The molecule has 21 heavy (non-hydrogen) atoms. The third-order valence-corrected chi connectivity index (χ3v) is 2.72. The average Bonchev–Trinajstić information content (AvgIpc) is 2.45. The number of urea groups is 1. The van der Waals surface area contributed by atoms with Crippen LogP contribution in [0, 0.1) is 0 Å². The van der Waals surface area contributed by atoms with Crippen molar-refractivity contribution in [2.24, 2.45) is 0 Å². The van der Waals surface area contributed by atoms with Crippen LogP contribution in [-0.2, 0) is 16.0 Å². The molecule has 1 rings (SSSR count). The molecule has 0 spiro atoms. The van der Waals surface area contributed by atoms with Crippen LogP contribution in [0.2, 0.25) is 0 Å². The highest BCUT2D eigenvalue weighted by atomic mass is 16.5.